The Balaban J connectivity index is 1.95. The first-order chi connectivity index (χ1) is 11.5. The number of carbonyl (C=O) groups is 2. The van der Waals surface area contributed by atoms with Crippen molar-refractivity contribution in [3.8, 4) is 0 Å². The summed E-state index contributed by atoms with van der Waals surface area (Å²) in [6.07, 6.45) is 1.71. The molecule has 1 aliphatic rings. The van der Waals surface area contributed by atoms with Gasteiger partial charge >= 0.3 is 5.97 Å². The molecule has 1 aromatic heterocycles. The van der Waals surface area contributed by atoms with Crippen LogP contribution in [0.5, 0.6) is 0 Å². The molecule has 0 radical (unpaired) electrons. The van der Waals surface area contributed by atoms with E-state index < -0.39 is 5.97 Å². The number of hydrogen-bond donors (Lipinski definition) is 2. The van der Waals surface area contributed by atoms with Crippen LogP contribution in [0.15, 0.2) is 35.8 Å². The molecule has 126 valence electrons. The predicted molar refractivity (Wildman–Crippen MR) is 87.0 cm³/mol. The Morgan fingerprint density at radius 3 is 2.96 bits per heavy atom. The van der Waals surface area contributed by atoms with Gasteiger partial charge in [0.05, 0.1) is 43.2 Å². The number of nitrogens with one attached hydrogen (secondary N) is 1. The second-order valence-corrected chi connectivity index (χ2v) is 5.48. The Hall–Kier alpha value is -2.87. The number of aliphatic hydroxyl groups excluding tert-OH is 1. The number of aliphatic hydroxyl groups is 1. The summed E-state index contributed by atoms with van der Waals surface area (Å²) in [5, 5.41) is 12.1. The van der Waals surface area contributed by atoms with Crippen LogP contribution in [0.2, 0.25) is 0 Å². The Morgan fingerprint density at radius 1 is 1.46 bits per heavy atom. The van der Waals surface area contributed by atoms with Crippen LogP contribution in [-0.2, 0) is 21.4 Å². The lowest BCUT2D eigenvalue weighted by molar-refractivity contribution is -0.136. The Bertz CT molecular complexity index is 840. The first-order valence-electron chi connectivity index (χ1n) is 7.45. The minimum absolute atomic E-state index is 0.113. The number of carbonyl (C=O) groups excluding carboxylic acids is 2. The molecule has 24 heavy (non-hydrogen) atoms. The molecule has 8 nitrogen and oxygen atoms in total. The lowest BCUT2D eigenvalue weighted by Crippen LogP contribution is -2.31. The number of amides is 1. The van der Waals surface area contributed by atoms with E-state index in [1.165, 1.54) is 12.0 Å². The summed E-state index contributed by atoms with van der Waals surface area (Å²) in [5.74, 6) is -0.901. The van der Waals surface area contributed by atoms with Crippen molar-refractivity contribution in [3.63, 3.8) is 0 Å². The Morgan fingerprint density at radius 2 is 2.25 bits per heavy atom. The van der Waals surface area contributed by atoms with Gasteiger partial charge in [0, 0.05) is 19.3 Å². The van der Waals surface area contributed by atoms with E-state index in [1.807, 2.05) is 23.7 Å². The van der Waals surface area contributed by atoms with Crippen LogP contribution in [-0.4, -0.2) is 58.2 Å². The van der Waals surface area contributed by atoms with Gasteiger partial charge in [0.1, 0.15) is 5.70 Å². The van der Waals surface area contributed by atoms with Gasteiger partial charge in [0.15, 0.2) is 0 Å². The first-order valence-corrected chi connectivity index (χ1v) is 7.45. The van der Waals surface area contributed by atoms with Crippen LogP contribution >= 0.6 is 0 Å². The number of benzene rings is 1. The molecule has 2 heterocycles. The third kappa shape index (κ3) is 2.71. The monoisotopic (exact) mass is 330 g/mol. The molecule has 2 aromatic rings. The van der Waals surface area contributed by atoms with Gasteiger partial charge in [-0.05, 0) is 18.2 Å². The number of anilines is 1. The number of imidazole rings is 1. The number of nitrogens with zero attached hydrogens (tertiary/aromatic N) is 3. The second-order valence-electron chi connectivity index (χ2n) is 5.48. The predicted octanol–water partition coefficient (Wildman–Crippen LogP) is 0.247. The quantitative estimate of drug-likeness (QED) is 0.763. The third-order valence-electron chi connectivity index (χ3n) is 3.95. The average Bonchev–Trinajstić information content (AvgIpc) is 3.10. The zero-order valence-corrected chi connectivity index (χ0v) is 13.4. The summed E-state index contributed by atoms with van der Waals surface area (Å²) in [7, 11) is 3.15. The molecular weight excluding hydrogens is 312 g/mol. The van der Waals surface area contributed by atoms with Gasteiger partial charge in [0.25, 0.3) is 5.91 Å². The van der Waals surface area contributed by atoms with Crippen molar-refractivity contribution in [2.75, 3.05) is 32.1 Å². The number of ether oxygens (including phenoxy) is 1. The van der Waals surface area contributed by atoms with Crippen molar-refractivity contribution in [1.29, 1.82) is 0 Å². The molecule has 0 aliphatic carbocycles. The zero-order chi connectivity index (χ0) is 17.3. The van der Waals surface area contributed by atoms with Gasteiger partial charge in [-0.3, -0.25) is 4.79 Å². The molecule has 1 amide bonds. The van der Waals surface area contributed by atoms with E-state index in [0.717, 1.165) is 11.0 Å². The number of rotatable bonds is 5. The Kier molecular flexibility index (Phi) is 4.22. The van der Waals surface area contributed by atoms with Crippen LogP contribution in [0.1, 0.15) is 0 Å². The lowest BCUT2D eigenvalue weighted by atomic mass is 10.2. The number of aromatic nitrogens is 2. The van der Waals surface area contributed by atoms with E-state index >= 15 is 0 Å². The van der Waals surface area contributed by atoms with Gasteiger partial charge in [-0.2, -0.15) is 0 Å². The van der Waals surface area contributed by atoms with E-state index in [-0.39, 0.29) is 36.9 Å². The number of fused-ring (bicyclic) bond motifs is 1. The fourth-order valence-electron chi connectivity index (χ4n) is 2.70. The first kappa shape index (κ1) is 16.0. The zero-order valence-electron chi connectivity index (χ0n) is 13.4. The van der Waals surface area contributed by atoms with Crippen molar-refractivity contribution in [3.05, 3.63) is 35.8 Å². The van der Waals surface area contributed by atoms with Gasteiger partial charge in [-0.1, -0.05) is 0 Å². The second kappa shape index (κ2) is 6.32. The highest BCUT2D eigenvalue weighted by Crippen LogP contribution is 2.24. The summed E-state index contributed by atoms with van der Waals surface area (Å²) >= 11 is 0. The van der Waals surface area contributed by atoms with Crippen molar-refractivity contribution in [1.82, 2.24) is 14.5 Å². The molecule has 3 rings (SSSR count). The topological polar surface area (TPSA) is 96.7 Å². The number of aryl methyl sites for hydroxylation is 1. The molecule has 8 heteroatoms. The minimum Gasteiger partial charge on any atom is -0.466 e. The van der Waals surface area contributed by atoms with Crippen molar-refractivity contribution in [2.24, 2.45) is 7.05 Å². The molecule has 0 atom stereocenters. The third-order valence-corrected chi connectivity index (χ3v) is 3.95. The Labute approximate surface area is 138 Å². The smallest absolute Gasteiger partial charge is 0.337 e. The van der Waals surface area contributed by atoms with Crippen LogP contribution in [0.3, 0.4) is 0 Å². The van der Waals surface area contributed by atoms with Gasteiger partial charge in [0.2, 0.25) is 0 Å². The maximum Gasteiger partial charge on any atom is 0.337 e. The molecule has 1 aromatic carbocycles. The molecule has 0 bridgehead atoms. The molecule has 0 saturated heterocycles. The van der Waals surface area contributed by atoms with E-state index in [2.05, 4.69) is 10.3 Å². The number of methoxy groups -OCH3 is 1. The molecule has 0 saturated carbocycles. The van der Waals surface area contributed by atoms with Crippen LogP contribution < -0.4 is 5.32 Å². The SMILES string of the molecule is COC(=O)C1=C(Nc2ccc3ncn(C)c3c2)C(=O)N(CCO)C1. The molecule has 0 fully saturated rings. The molecule has 1 aliphatic heterocycles. The van der Waals surface area contributed by atoms with Crippen LogP contribution in [0.25, 0.3) is 11.0 Å². The van der Waals surface area contributed by atoms with Crippen LogP contribution in [0, 0.1) is 0 Å². The maximum atomic E-state index is 12.5. The van der Waals surface area contributed by atoms with Gasteiger partial charge in [-0.25, -0.2) is 9.78 Å². The van der Waals surface area contributed by atoms with Crippen molar-refractivity contribution in [2.45, 2.75) is 0 Å². The molecule has 0 unspecified atom stereocenters. The minimum atomic E-state index is -0.562. The summed E-state index contributed by atoms with van der Waals surface area (Å²) in [6.45, 7) is 0.0993. The summed E-state index contributed by atoms with van der Waals surface area (Å²) in [5.41, 5.74) is 2.84. The van der Waals surface area contributed by atoms with E-state index in [4.69, 9.17) is 9.84 Å². The van der Waals surface area contributed by atoms with E-state index in [1.54, 1.807) is 12.4 Å². The summed E-state index contributed by atoms with van der Waals surface area (Å²) in [4.78, 5) is 30.1. The summed E-state index contributed by atoms with van der Waals surface area (Å²) in [6, 6.07) is 5.48. The molecular formula is C16H18N4O4. The fourth-order valence-corrected chi connectivity index (χ4v) is 2.70. The normalized spacial score (nSPS) is 14.6. The fraction of sp³-hybridized carbons (Fsp3) is 0.312. The largest absolute Gasteiger partial charge is 0.466 e. The molecule has 0 spiro atoms. The van der Waals surface area contributed by atoms with Crippen molar-refractivity contribution >= 4 is 28.6 Å². The molecule has 2 N–H and O–H groups in total. The average molecular weight is 330 g/mol. The van der Waals surface area contributed by atoms with E-state index in [0.29, 0.717) is 5.69 Å². The van der Waals surface area contributed by atoms with Crippen molar-refractivity contribution < 1.29 is 19.4 Å². The van der Waals surface area contributed by atoms with Crippen LogP contribution in [0.4, 0.5) is 5.69 Å². The summed E-state index contributed by atoms with van der Waals surface area (Å²) < 4.78 is 6.63. The number of β-amino-alcohol motifs (C(OH)–C–C–N with tert-alkyl or cyclic N) is 1. The standard InChI is InChI=1S/C16H18N4O4/c1-19-9-17-12-4-3-10(7-13(12)19)18-14-11(16(23)24-2)8-20(5-6-21)15(14)22/h3-4,7,9,18,21H,5-6,8H2,1-2H3. The number of hydrogen-bond acceptors (Lipinski definition) is 6. The highest BCUT2D eigenvalue weighted by molar-refractivity contribution is 6.08. The number of esters is 1. The highest BCUT2D eigenvalue weighted by Gasteiger charge is 2.34. The van der Waals surface area contributed by atoms with Gasteiger partial charge < -0.3 is 24.6 Å². The lowest BCUT2D eigenvalue weighted by Gasteiger charge is -2.15. The van der Waals surface area contributed by atoms with Gasteiger partial charge in [-0.15, -0.1) is 0 Å². The van der Waals surface area contributed by atoms with E-state index in [9.17, 15) is 9.59 Å². The maximum absolute atomic E-state index is 12.5. The highest BCUT2D eigenvalue weighted by atomic mass is 16.5.